The van der Waals surface area contributed by atoms with Gasteiger partial charge in [-0.3, -0.25) is 4.90 Å². The molecule has 0 aliphatic carbocycles. The first-order valence-electron chi connectivity index (χ1n) is 7.59. The third kappa shape index (κ3) is 4.35. The zero-order valence-electron chi connectivity index (χ0n) is 14.2. The standard InChI is InChI=1S/C17H30N2O2/c1-12(2)10-13(3)19(4)15(11-18)14-8-7-9-16(20-5)17(14)21-6/h7-9,12-13,15H,10-11,18H2,1-6H3. The van der Waals surface area contributed by atoms with E-state index in [1.165, 1.54) is 0 Å². The van der Waals surface area contributed by atoms with E-state index in [1.807, 2.05) is 12.1 Å². The van der Waals surface area contributed by atoms with Crippen molar-refractivity contribution in [3.05, 3.63) is 23.8 Å². The molecule has 120 valence electrons. The summed E-state index contributed by atoms with van der Waals surface area (Å²) in [6.45, 7) is 7.28. The van der Waals surface area contributed by atoms with Crippen molar-refractivity contribution in [1.29, 1.82) is 0 Å². The molecular weight excluding hydrogens is 264 g/mol. The Morgan fingerprint density at radius 1 is 1.14 bits per heavy atom. The maximum absolute atomic E-state index is 6.05. The SMILES string of the molecule is COc1cccc(C(CN)N(C)C(C)CC(C)C)c1OC. The summed E-state index contributed by atoms with van der Waals surface area (Å²) in [6, 6.07) is 6.53. The first-order valence-corrected chi connectivity index (χ1v) is 7.59. The van der Waals surface area contributed by atoms with Crippen LogP contribution in [0.1, 0.15) is 38.8 Å². The molecule has 0 saturated carbocycles. The van der Waals surface area contributed by atoms with E-state index in [2.05, 4.69) is 38.8 Å². The van der Waals surface area contributed by atoms with Gasteiger partial charge in [0.2, 0.25) is 0 Å². The van der Waals surface area contributed by atoms with Crippen LogP contribution in [0.4, 0.5) is 0 Å². The van der Waals surface area contributed by atoms with E-state index < -0.39 is 0 Å². The smallest absolute Gasteiger partial charge is 0.165 e. The van der Waals surface area contributed by atoms with Gasteiger partial charge in [-0.15, -0.1) is 0 Å². The molecule has 2 N–H and O–H groups in total. The number of methoxy groups -OCH3 is 2. The fourth-order valence-electron chi connectivity index (χ4n) is 2.84. The highest BCUT2D eigenvalue weighted by Crippen LogP contribution is 2.37. The largest absolute Gasteiger partial charge is 0.493 e. The van der Waals surface area contributed by atoms with Crippen molar-refractivity contribution in [2.75, 3.05) is 27.8 Å². The van der Waals surface area contributed by atoms with E-state index in [4.69, 9.17) is 15.2 Å². The second-order valence-corrected chi connectivity index (χ2v) is 5.98. The first kappa shape index (κ1) is 17.8. The summed E-state index contributed by atoms with van der Waals surface area (Å²) < 4.78 is 10.9. The van der Waals surface area contributed by atoms with Crippen LogP contribution in [-0.4, -0.2) is 38.8 Å². The molecule has 0 radical (unpaired) electrons. The van der Waals surface area contributed by atoms with Crippen molar-refractivity contribution in [3.63, 3.8) is 0 Å². The molecule has 0 amide bonds. The van der Waals surface area contributed by atoms with Crippen LogP contribution in [0.15, 0.2) is 18.2 Å². The predicted octanol–water partition coefficient (Wildman–Crippen LogP) is 3.07. The van der Waals surface area contributed by atoms with Crippen LogP contribution in [0.3, 0.4) is 0 Å². The van der Waals surface area contributed by atoms with Crippen molar-refractivity contribution in [2.45, 2.75) is 39.3 Å². The monoisotopic (exact) mass is 294 g/mol. The molecule has 0 saturated heterocycles. The van der Waals surface area contributed by atoms with Gasteiger partial charge >= 0.3 is 0 Å². The first-order chi connectivity index (χ1) is 9.96. The zero-order chi connectivity index (χ0) is 16.0. The molecule has 21 heavy (non-hydrogen) atoms. The molecule has 2 unspecified atom stereocenters. The Morgan fingerprint density at radius 2 is 1.81 bits per heavy atom. The lowest BCUT2D eigenvalue weighted by atomic mass is 9.98. The molecule has 1 aromatic rings. The van der Waals surface area contributed by atoms with Crippen LogP contribution in [0, 0.1) is 5.92 Å². The molecule has 0 spiro atoms. The number of rotatable bonds is 8. The summed E-state index contributed by atoms with van der Waals surface area (Å²) in [6.07, 6.45) is 1.14. The van der Waals surface area contributed by atoms with Gasteiger partial charge in [-0.2, -0.15) is 0 Å². The maximum Gasteiger partial charge on any atom is 0.165 e. The number of hydrogen-bond donors (Lipinski definition) is 1. The third-order valence-electron chi connectivity index (χ3n) is 4.02. The van der Waals surface area contributed by atoms with Gasteiger partial charge in [0, 0.05) is 18.2 Å². The molecule has 4 heteroatoms. The van der Waals surface area contributed by atoms with Gasteiger partial charge in [-0.1, -0.05) is 26.0 Å². The number of ether oxygens (including phenoxy) is 2. The summed E-state index contributed by atoms with van der Waals surface area (Å²) in [5.74, 6) is 2.19. The molecule has 1 rings (SSSR count). The lowest BCUT2D eigenvalue weighted by molar-refractivity contribution is 0.165. The molecule has 0 aliphatic heterocycles. The van der Waals surface area contributed by atoms with Crippen LogP contribution < -0.4 is 15.2 Å². The fourth-order valence-corrected chi connectivity index (χ4v) is 2.84. The Morgan fingerprint density at radius 3 is 2.29 bits per heavy atom. The number of nitrogens with two attached hydrogens (primary N) is 1. The normalized spacial score (nSPS) is 14.3. The van der Waals surface area contributed by atoms with Gasteiger partial charge in [0.15, 0.2) is 11.5 Å². The number of likely N-dealkylation sites (N-methyl/N-ethyl adjacent to an activating group) is 1. The molecule has 1 aromatic carbocycles. The van der Waals surface area contributed by atoms with Crippen LogP contribution in [0.2, 0.25) is 0 Å². The van der Waals surface area contributed by atoms with E-state index in [0.717, 1.165) is 23.5 Å². The lowest BCUT2D eigenvalue weighted by Crippen LogP contribution is -2.38. The number of hydrogen-bond acceptors (Lipinski definition) is 4. The minimum atomic E-state index is 0.115. The molecule has 0 fully saturated rings. The predicted molar refractivity (Wildman–Crippen MR) is 88.0 cm³/mol. The van der Waals surface area contributed by atoms with Gasteiger partial charge in [-0.05, 0) is 32.4 Å². The Kier molecular flexibility index (Phi) is 6.99. The van der Waals surface area contributed by atoms with Gasteiger partial charge in [0.1, 0.15) is 0 Å². The van der Waals surface area contributed by atoms with Crippen molar-refractivity contribution < 1.29 is 9.47 Å². The maximum atomic E-state index is 6.05. The van der Waals surface area contributed by atoms with Gasteiger partial charge in [-0.25, -0.2) is 0 Å². The van der Waals surface area contributed by atoms with Gasteiger partial charge < -0.3 is 15.2 Å². The Hall–Kier alpha value is -1.26. The fraction of sp³-hybridized carbons (Fsp3) is 0.647. The Balaban J connectivity index is 3.09. The molecule has 0 aliphatic rings. The third-order valence-corrected chi connectivity index (χ3v) is 4.02. The number of nitrogens with zero attached hydrogens (tertiary/aromatic N) is 1. The minimum absolute atomic E-state index is 0.115. The van der Waals surface area contributed by atoms with Crippen LogP contribution in [0.5, 0.6) is 11.5 Å². The molecule has 0 bridgehead atoms. The summed E-state index contributed by atoms with van der Waals surface area (Å²) >= 11 is 0. The molecule has 2 atom stereocenters. The summed E-state index contributed by atoms with van der Waals surface area (Å²) in [4.78, 5) is 2.33. The van der Waals surface area contributed by atoms with E-state index in [0.29, 0.717) is 18.5 Å². The highest BCUT2D eigenvalue weighted by molar-refractivity contribution is 5.48. The molecule has 0 aromatic heterocycles. The van der Waals surface area contributed by atoms with Crippen LogP contribution in [-0.2, 0) is 0 Å². The number of benzene rings is 1. The average molecular weight is 294 g/mol. The van der Waals surface area contributed by atoms with E-state index >= 15 is 0 Å². The lowest BCUT2D eigenvalue weighted by Gasteiger charge is -2.34. The van der Waals surface area contributed by atoms with Crippen molar-refractivity contribution >= 4 is 0 Å². The minimum Gasteiger partial charge on any atom is -0.493 e. The van der Waals surface area contributed by atoms with E-state index in [1.54, 1.807) is 14.2 Å². The Bertz CT molecular complexity index is 435. The second-order valence-electron chi connectivity index (χ2n) is 5.98. The summed E-state index contributed by atoms with van der Waals surface area (Å²) in [7, 11) is 5.46. The second kappa shape index (κ2) is 8.25. The molecule has 4 nitrogen and oxygen atoms in total. The van der Waals surface area contributed by atoms with Gasteiger partial charge in [0.05, 0.1) is 20.3 Å². The van der Waals surface area contributed by atoms with Crippen molar-refractivity contribution in [2.24, 2.45) is 11.7 Å². The zero-order valence-corrected chi connectivity index (χ0v) is 14.2. The topological polar surface area (TPSA) is 47.7 Å². The molecule has 0 heterocycles. The highest BCUT2D eigenvalue weighted by Gasteiger charge is 2.25. The summed E-state index contributed by atoms with van der Waals surface area (Å²) in [5.41, 5.74) is 7.13. The summed E-state index contributed by atoms with van der Waals surface area (Å²) in [5, 5.41) is 0. The highest BCUT2D eigenvalue weighted by atomic mass is 16.5. The van der Waals surface area contributed by atoms with E-state index in [9.17, 15) is 0 Å². The Labute approximate surface area is 129 Å². The van der Waals surface area contributed by atoms with Crippen LogP contribution in [0.25, 0.3) is 0 Å². The van der Waals surface area contributed by atoms with Gasteiger partial charge in [0.25, 0.3) is 0 Å². The van der Waals surface area contributed by atoms with Crippen molar-refractivity contribution in [3.8, 4) is 11.5 Å². The van der Waals surface area contributed by atoms with Crippen LogP contribution >= 0.6 is 0 Å². The quantitative estimate of drug-likeness (QED) is 0.800. The van der Waals surface area contributed by atoms with E-state index in [-0.39, 0.29) is 6.04 Å². The number of para-hydroxylation sites is 1. The van der Waals surface area contributed by atoms with Crippen molar-refractivity contribution in [1.82, 2.24) is 4.90 Å². The molecular formula is C17H30N2O2. The average Bonchev–Trinajstić information content (AvgIpc) is 2.46.